The zero-order valence-electron chi connectivity index (χ0n) is 16.4. The smallest absolute Gasteiger partial charge is 0.228 e. The van der Waals surface area contributed by atoms with Gasteiger partial charge in [0.2, 0.25) is 11.8 Å². The van der Waals surface area contributed by atoms with Gasteiger partial charge in [0, 0.05) is 60.4 Å². The number of halogens is 1. The van der Waals surface area contributed by atoms with Crippen molar-refractivity contribution in [3.63, 3.8) is 0 Å². The lowest BCUT2D eigenvalue weighted by molar-refractivity contribution is -0.136. The number of rotatable bonds is 4. The van der Waals surface area contributed by atoms with Crippen molar-refractivity contribution in [3.8, 4) is 0 Å². The number of anilines is 2. The number of hydrogen-bond donors (Lipinski definition) is 0. The maximum absolute atomic E-state index is 13.0. The van der Waals surface area contributed by atoms with Crippen LogP contribution in [0.25, 0.3) is 0 Å². The van der Waals surface area contributed by atoms with Crippen LogP contribution in [-0.4, -0.2) is 55.7 Å². The van der Waals surface area contributed by atoms with Gasteiger partial charge < -0.3 is 14.7 Å². The molecule has 2 aliphatic heterocycles. The number of hydrogen-bond acceptors (Lipinski definition) is 4. The van der Waals surface area contributed by atoms with Crippen LogP contribution in [-0.2, 0) is 9.59 Å². The van der Waals surface area contributed by atoms with Crippen LogP contribution in [0.1, 0.15) is 6.42 Å². The van der Waals surface area contributed by atoms with Gasteiger partial charge in [-0.1, -0.05) is 17.7 Å². The SMILES string of the molecule is CSc1ccc(N2CC(C(=O)N3CCN(c4cccc(Cl)c4)CC3)CC2=O)cc1. The molecule has 29 heavy (non-hydrogen) atoms. The molecule has 2 aromatic rings. The minimum atomic E-state index is -0.263. The van der Waals surface area contributed by atoms with Gasteiger partial charge in [-0.15, -0.1) is 11.8 Å². The van der Waals surface area contributed by atoms with E-state index in [2.05, 4.69) is 4.90 Å². The fourth-order valence-electron chi connectivity index (χ4n) is 4.00. The fourth-order valence-corrected chi connectivity index (χ4v) is 4.59. The lowest BCUT2D eigenvalue weighted by Gasteiger charge is -2.37. The predicted molar refractivity (Wildman–Crippen MR) is 119 cm³/mol. The number of benzene rings is 2. The molecule has 4 rings (SSSR count). The second-order valence-corrected chi connectivity index (χ2v) is 8.71. The average molecular weight is 430 g/mol. The van der Waals surface area contributed by atoms with Crippen LogP contribution in [0.4, 0.5) is 11.4 Å². The Kier molecular flexibility index (Phi) is 6.01. The summed E-state index contributed by atoms with van der Waals surface area (Å²) in [6.07, 6.45) is 2.31. The van der Waals surface area contributed by atoms with E-state index in [1.807, 2.05) is 59.7 Å². The van der Waals surface area contributed by atoms with E-state index in [1.54, 1.807) is 16.7 Å². The molecule has 1 unspecified atom stereocenters. The third-order valence-corrected chi connectivity index (χ3v) is 6.60. The minimum Gasteiger partial charge on any atom is -0.368 e. The largest absolute Gasteiger partial charge is 0.368 e. The quantitative estimate of drug-likeness (QED) is 0.694. The van der Waals surface area contributed by atoms with E-state index in [-0.39, 0.29) is 24.2 Å². The van der Waals surface area contributed by atoms with Crippen LogP contribution in [0.3, 0.4) is 0 Å². The first kappa shape index (κ1) is 20.1. The van der Waals surface area contributed by atoms with Gasteiger partial charge in [0.25, 0.3) is 0 Å². The lowest BCUT2D eigenvalue weighted by atomic mass is 10.1. The minimum absolute atomic E-state index is 0.0258. The number of piperazine rings is 1. The predicted octanol–water partition coefficient (Wildman–Crippen LogP) is 3.76. The number of nitrogens with zero attached hydrogens (tertiary/aromatic N) is 3. The first-order chi connectivity index (χ1) is 14.0. The monoisotopic (exact) mass is 429 g/mol. The summed E-state index contributed by atoms with van der Waals surface area (Å²) in [5, 5.41) is 0.719. The van der Waals surface area contributed by atoms with Gasteiger partial charge in [-0.2, -0.15) is 0 Å². The Bertz CT molecular complexity index is 897. The molecule has 0 radical (unpaired) electrons. The van der Waals surface area contributed by atoms with Crippen LogP contribution in [0.5, 0.6) is 0 Å². The molecule has 5 nitrogen and oxygen atoms in total. The van der Waals surface area contributed by atoms with Gasteiger partial charge in [-0.3, -0.25) is 9.59 Å². The molecule has 1 atom stereocenters. The summed E-state index contributed by atoms with van der Waals surface area (Å²) in [6.45, 7) is 3.33. The second-order valence-electron chi connectivity index (χ2n) is 7.40. The fraction of sp³-hybridized carbons (Fsp3) is 0.364. The molecule has 2 saturated heterocycles. The van der Waals surface area contributed by atoms with E-state index < -0.39 is 0 Å². The van der Waals surface area contributed by atoms with E-state index in [0.717, 1.165) is 34.4 Å². The standard InChI is InChI=1S/C22H24ClN3O2S/c1-29-20-7-5-18(6-8-20)26-15-16(13-21(26)27)22(28)25-11-9-24(10-12-25)19-4-2-3-17(23)14-19/h2-8,14,16H,9-13,15H2,1H3. The van der Waals surface area contributed by atoms with Crippen LogP contribution in [0, 0.1) is 5.92 Å². The number of amides is 2. The van der Waals surface area contributed by atoms with E-state index in [9.17, 15) is 9.59 Å². The topological polar surface area (TPSA) is 43.9 Å². The third kappa shape index (κ3) is 4.38. The molecule has 2 heterocycles. The van der Waals surface area contributed by atoms with Gasteiger partial charge in [-0.25, -0.2) is 0 Å². The highest BCUT2D eigenvalue weighted by atomic mass is 35.5. The molecule has 7 heteroatoms. The van der Waals surface area contributed by atoms with Crippen molar-refractivity contribution >= 4 is 46.6 Å². The molecule has 152 valence electrons. The van der Waals surface area contributed by atoms with E-state index >= 15 is 0 Å². The molecule has 0 aliphatic carbocycles. The summed E-state index contributed by atoms with van der Waals surface area (Å²) in [7, 11) is 0. The van der Waals surface area contributed by atoms with E-state index in [0.29, 0.717) is 19.6 Å². The first-order valence-corrected chi connectivity index (χ1v) is 11.4. The van der Waals surface area contributed by atoms with E-state index in [4.69, 9.17) is 11.6 Å². The van der Waals surface area contributed by atoms with Crippen molar-refractivity contribution in [3.05, 3.63) is 53.6 Å². The van der Waals surface area contributed by atoms with Crippen molar-refractivity contribution in [1.29, 1.82) is 0 Å². The zero-order chi connectivity index (χ0) is 20.4. The van der Waals surface area contributed by atoms with Crippen LogP contribution in [0.15, 0.2) is 53.4 Å². The normalized spacial score (nSPS) is 19.7. The molecule has 0 bridgehead atoms. The van der Waals surface area contributed by atoms with Crippen LogP contribution in [0.2, 0.25) is 5.02 Å². The maximum atomic E-state index is 13.0. The molecule has 0 N–H and O–H groups in total. The Morgan fingerprint density at radius 1 is 1.03 bits per heavy atom. The summed E-state index contributed by atoms with van der Waals surface area (Å²) in [5.41, 5.74) is 1.95. The Balaban J connectivity index is 1.36. The highest BCUT2D eigenvalue weighted by Crippen LogP contribution is 2.29. The Hall–Kier alpha value is -2.18. The van der Waals surface area contributed by atoms with Gasteiger partial charge in [-0.05, 0) is 48.7 Å². The maximum Gasteiger partial charge on any atom is 0.228 e. The molecular formula is C22H24ClN3O2S. The number of thioether (sulfide) groups is 1. The highest BCUT2D eigenvalue weighted by molar-refractivity contribution is 7.98. The van der Waals surface area contributed by atoms with Gasteiger partial charge in [0.05, 0.1) is 5.92 Å². The highest BCUT2D eigenvalue weighted by Gasteiger charge is 2.37. The zero-order valence-corrected chi connectivity index (χ0v) is 18.0. The summed E-state index contributed by atoms with van der Waals surface area (Å²) in [6, 6.07) is 15.7. The van der Waals surface area contributed by atoms with Crippen molar-refractivity contribution in [1.82, 2.24) is 4.90 Å². The lowest BCUT2D eigenvalue weighted by Crippen LogP contribution is -2.50. The Morgan fingerprint density at radius 3 is 2.41 bits per heavy atom. The van der Waals surface area contributed by atoms with Crippen molar-refractivity contribution in [2.24, 2.45) is 5.92 Å². The van der Waals surface area contributed by atoms with Crippen molar-refractivity contribution < 1.29 is 9.59 Å². The molecule has 2 fully saturated rings. The van der Waals surface area contributed by atoms with Gasteiger partial charge >= 0.3 is 0 Å². The van der Waals surface area contributed by atoms with Crippen LogP contribution >= 0.6 is 23.4 Å². The molecule has 2 aromatic carbocycles. The molecular weight excluding hydrogens is 406 g/mol. The van der Waals surface area contributed by atoms with E-state index in [1.165, 1.54) is 0 Å². The second kappa shape index (κ2) is 8.67. The van der Waals surface area contributed by atoms with Crippen LogP contribution < -0.4 is 9.80 Å². The number of carbonyl (C=O) groups is 2. The van der Waals surface area contributed by atoms with Gasteiger partial charge in [0.1, 0.15) is 0 Å². The molecule has 0 saturated carbocycles. The summed E-state index contributed by atoms with van der Waals surface area (Å²) in [5.74, 6) is -0.148. The summed E-state index contributed by atoms with van der Waals surface area (Å²) < 4.78 is 0. The third-order valence-electron chi connectivity index (χ3n) is 5.62. The molecule has 0 spiro atoms. The molecule has 2 aliphatic rings. The molecule has 0 aromatic heterocycles. The number of carbonyl (C=O) groups excluding carboxylic acids is 2. The first-order valence-electron chi connectivity index (χ1n) is 9.79. The molecule has 2 amide bonds. The Morgan fingerprint density at radius 2 is 1.76 bits per heavy atom. The van der Waals surface area contributed by atoms with Crippen molar-refractivity contribution in [2.75, 3.05) is 48.8 Å². The Labute approximate surface area is 180 Å². The average Bonchev–Trinajstić information content (AvgIpc) is 3.15. The van der Waals surface area contributed by atoms with Gasteiger partial charge in [0.15, 0.2) is 0 Å². The van der Waals surface area contributed by atoms with Crippen molar-refractivity contribution in [2.45, 2.75) is 11.3 Å². The summed E-state index contributed by atoms with van der Waals surface area (Å²) >= 11 is 7.76. The summed E-state index contributed by atoms with van der Waals surface area (Å²) in [4.78, 5) is 32.6.